The zero-order chi connectivity index (χ0) is 19.8. The summed E-state index contributed by atoms with van der Waals surface area (Å²) in [5.74, 6) is 0.933. The van der Waals surface area contributed by atoms with E-state index in [1.165, 1.54) is 12.7 Å². The number of benzene rings is 1. The van der Waals surface area contributed by atoms with E-state index in [0.717, 1.165) is 24.4 Å². The first kappa shape index (κ1) is 17.4. The van der Waals surface area contributed by atoms with E-state index in [2.05, 4.69) is 49.2 Å². The number of ether oxygens (including phenoxy) is 2. The molecule has 4 aromatic rings. The Morgan fingerprint density at radius 1 is 1.03 bits per heavy atom. The molecule has 0 N–H and O–H groups in total. The molecule has 146 valence electrons. The van der Waals surface area contributed by atoms with E-state index in [4.69, 9.17) is 9.47 Å². The highest BCUT2D eigenvalue weighted by molar-refractivity contribution is 5.77. The summed E-state index contributed by atoms with van der Waals surface area (Å²) < 4.78 is 12.3. The molecule has 1 saturated heterocycles. The summed E-state index contributed by atoms with van der Waals surface area (Å²) in [6.07, 6.45) is 5.27. The third-order valence-electron chi connectivity index (χ3n) is 5.22. The summed E-state index contributed by atoms with van der Waals surface area (Å²) in [5, 5.41) is 4.67. The average Bonchev–Trinajstić information content (AvgIpc) is 3.21. The molecule has 5 rings (SSSR count). The first-order chi connectivity index (χ1) is 14.3. The molecule has 0 atom stereocenters. The molecule has 0 amide bonds. The molecule has 8 nitrogen and oxygen atoms in total. The highest BCUT2D eigenvalue weighted by atomic mass is 16.5. The first-order valence-corrected chi connectivity index (χ1v) is 9.36. The second kappa shape index (κ2) is 7.05. The lowest BCUT2D eigenvalue weighted by molar-refractivity contribution is 0.353. The molecule has 29 heavy (non-hydrogen) atoms. The highest BCUT2D eigenvalue weighted by Gasteiger charge is 2.30. The van der Waals surface area contributed by atoms with Crippen LogP contribution in [0.25, 0.3) is 16.9 Å². The summed E-state index contributed by atoms with van der Waals surface area (Å²) in [5.41, 5.74) is 4.64. The number of anilines is 1. The van der Waals surface area contributed by atoms with Crippen LogP contribution in [0.1, 0.15) is 11.5 Å². The van der Waals surface area contributed by atoms with Gasteiger partial charge in [-0.25, -0.2) is 14.5 Å². The van der Waals surface area contributed by atoms with Crippen LogP contribution in [0.2, 0.25) is 0 Å². The lowest BCUT2D eigenvalue weighted by atomic mass is 9.91. The van der Waals surface area contributed by atoms with Crippen molar-refractivity contribution >= 4 is 11.3 Å². The van der Waals surface area contributed by atoms with Crippen molar-refractivity contribution in [2.45, 2.75) is 5.92 Å². The van der Waals surface area contributed by atoms with Crippen LogP contribution in [0, 0.1) is 0 Å². The fourth-order valence-corrected chi connectivity index (χ4v) is 3.66. The summed E-state index contributed by atoms with van der Waals surface area (Å²) in [6.45, 7) is 1.87. The average molecular weight is 388 g/mol. The van der Waals surface area contributed by atoms with Crippen LogP contribution in [0.3, 0.4) is 0 Å². The van der Waals surface area contributed by atoms with E-state index in [1.807, 2.05) is 18.3 Å². The van der Waals surface area contributed by atoms with Crippen molar-refractivity contribution in [3.05, 3.63) is 60.6 Å². The third-order valence-corrected chi connectivity index (χ3v) is 5.22. The molecule has 3 aromatic heterocycles. The van der Waals surface area contributed by atoms with Crippen molar-refractivity contribution in [1.82, 2.24) is 24.6 Å². The quantitative estimate of drug-likeness (QED) is 0.520. The SMILES string of the molecule is COc1ncc(-c2cc(N3CC(c4ccccc4)C3)c3nccn3n2)c(OC)n1. The number of rotatable bonds is 5. The summed E-state index contributed by atoms with van der Waals surface area (Å²) in [7, 11) is 3.09. The van der Waals surface area contributed by atoms with Gasteiger partial charge < -0.3 is 14.4 Å². The number of methoxy groups -OCH3 is 2. The van der Waals surface area contributed by atoms with E-state index in [-0.39, 0.29) is 6.01 Å². The van der Waals surface area contributed by atoms with Gasteiger partial charge in [-0.3, -0.25) is 0 Å². The minimum Gasteiger partial charge on any atom is -0.480 e. The van der Waals surface area contributed by atoms with Gasteiger partial charge in [0.1, 0.15) is 5.69 Å². The summed E-state index contributed by atoms with van der Waals surface area (Å²) in [6, 6.07) is 12.9. The molecular weight excluding hydrogens is 368 g/mol. The number of imidazole rings is 1. The topological polar surface area (TPSA) is 77.7 Å². The van der Waals surface area contributed by atoms with Crippen molar-refractivity contribution in [1.29, 1.82) is 0 Å². The molecule has 0 aliphatic carbocycles. The minimum absolute atomic E-state index is 0.253. The van der Waals surface area contributed by atoms with Gasteiger partial charge in [-0.1, -0.05) is 30.3 Å². The number of nitrogens with zero attached hydrogens (tertiary/aromatic N) is 6. The van der Waals surface area contributed by atoms with Gasteiger partial charge in [0.15, 0.2) is 5.65 Å². The second-order valence-corrected chi connectivity index (χ2v) is 6.90. The predicted octanol–water partition coefficient (Wildman–Crippen LogP) is 2.81. The molecule has 0 unspecified atom stereocenters. The zero-order valence-corrected chi connectivity index (χ0v) is 16.2. The van der Waals surface area contributed by atoms with Crippen molar-refractivity contribution in [2.75, 3.05) is 32.2 Å². The number of fused-ring (bicyclic) bond motifs is 1. The number of hydrogen-bond acceptors (Lipinski definition) is 7. The Balaban J connectivity index is 1.52. The monoisotopic (exact) mass is 388 g/mol. The van der Waals surface area contributed by atoms with E-state index >= 15 is 0 Å². The standard InChI is InChI=1S/C21H20N6O2/c1-28-20-16(11-23-21(24-20)29-2)17-10-18(19-22-8-9-27(19)25-17)26-12-15(13-26)14-6-4-3-5-7-14/h3-11,15H,12-13H2,1-2H3. The Labute approximate surface area is 167 Å². The molecule has 4 heterocycles. The van der Waals surface area contributed by atoms with Gasteiger partial charge in [-0.15, -0.1) is 0 Å². The van der Waals surface area contributed by atoms with E-state index < -0.39 is 0 Å². The van der Waals surface area contributed by atoms with Gasteiger partial charge in [0.25, 0.3) is 0 Å². The lowest BCUT2D eigenvalue weighted by Crippen LogP contribution is -2.45. The van der Waals surface area contributed by atoms with Gasteiger partial charge >= 0.3 is 6.01 Å². The maximum atomic E-state index is 5.44. The van der Waals surface area contributed by atoms with Gasteiger partial charge in [0.05, 0.1) is 25.5 Å². The zero-order valence-electron chi connectivity index (χ0n) is 16.2. The third kappa shape index (κ3) is 3.02. The molecule has 0 spiro atoms. The van der Waals surface area contributed by atoms with Crippen LogP contribution < -0.4 is 14.4 Å². The van der Waals surface area contributed by atoms with E-state index in [9.17, 15) is 0 Å². The normalized spacial score (nSPS) is 14.1. The van der Waals surface area contributed by atoms with Crippen LogP contribution in [0.15, 0.2) is 55.0 Å². The molecule has 1 aliphatic rings. The maximum absolute atomic E-state index is 5.44. The molecule has 1 fully saturated rings. The lowest BCUT2D eigenvalue weighted by Gasteiger charge is -2.41. The van der Waals surface area contributed by atoms with Crippen LogP contribution >= 0.6 is 0 Å². The maximum Gasteiger partial charge on any atom is 0.319 e. The smallest absolute Gasteiger partial charge is 0.319 e. The summed E-state index contributed by atoms with van der Waals surface area (Å²) >= 11 is 0. The van der Waals surface area contributed by atoms with Crippen molar-refractivity contribution in [3.63, 3.8) is 0 Å². The Hall–Kier alpha value is -3.68. The first-order valence-electron chi connectivity index (χ1n) is 9.36. The van der Waals surface area contributed by atoms with Gasteiger partial charge in [-0.05, 0) is 11.6 Å². The Morgan fingerprint density at radius 3 is 2.62 bits per heavy atom. The van der Waals surface area contributed by atoms with Crippen LogP contribution in [-0.4, -0.2) is 51.9 Å². The van der Waals surface area contributed by atoms with E-state index in [1.54, 1.807) is 24.0 Å². The van der Waals surface area contributed by atoms with Crippen molar-refractivity contribution in [3.8, 4) is 23.1 Å². The minimum atomic E-state index is 0.253. The molecule has 0 bridgehead atoms. The van der Waals surface area contributed by atoms with Crippen LogP contribution in [-0.2, 0) is 0 Å². The highest BCUT2D eigenvalue weighted by Crippen LogP contribution is 2.36. The molecule has 1 aliphatic heterocycles. The molecule has 8 heteroatoms. The summed E-state index contributed by atoms with van der Waals surface area (Å²) in [4.78, 5) is 15.3. The predicted molar refractivity (Wildman–Crippen MR) is 109 cm³/mol. The van der Waals surface area contributed by atoms with Gasteiger partial charge in [0, 0.05) is 37.6 Å². The Kier molecular flexibility index (Phi) is 4.23. The van der Waals surface area contributed by atoms with Crippen molar-refractivity contribution in [2.24, 2.45) is 0 Å². The molecule has 0 saturated carbocycles. The largest absolute Gasteiger partial charge is 0.480 e. The van der Waals surface area contributed by atoms with Gasteiger partial charge in [-0.2, -0.15) is 10.1 Å². The fraction of sp³-hybridized carbons (Fsp3) is 0.238. The van der Waals surface area contributed by atoms with Gasteiger partial charge in [0.2, 0.25) is 5.88 Å². The van der Waals surface area contributed by atoms with E-state index in [0.29, 0.717) is 23.1 Å². The fourth-order valence-electron chi connectivity index (χ4n) is 3.66. The Bertz CT molecular complexity index is 1150. The van der Waals surface area contributed by atoms with Crippen LogP contribution in [0.4, 0.5) is 5.69 Å². The molecule has 0 radical (unpaired) electrons. The molecule has 1 aromatic carbocycles. The van der Waals surface area contributed by atoms with Crippen LogP contribution in [0.5, 0.6) is 11.9 Å². The number of aromatic nitrogens is 5. The second-order valence-electron chi connectivity index (χ2n) is 6.90. The molecular formula is C21H20N6O2. The van der Waals surface area contributed by atoms with Crippen molar-refractivity contribution < 1.29 is 9.47 Å². The Morgan fingerprint density at radius 2 is 1.86 bits per heavy atom. The number of hydrogen-bond donors (Lipinski definition) is 0.